The second kappa shape index (κ2) is 4.71. The quantitative estimate of drug-likeness (QED) is 0.906. The van der Waals surface area contributed by atoms with Crippen LogP contribution in [0, 0.1) is 11.3 Å². The molecule has 0 saturated heterocycles. The summed E-state index contributed by atoms with van der Waals surface area (Å²) in [6.07, 6.45) is 2.24. The van der Waals surface area contributed by atoms with Crippen LogP contribution in [0.25, 0.3) is 0 Å². The number of nitrogens with one attached hydrogen (secondary N) is 1. The molecule has 0 aromatic heterocycles. The molecule has 1 fully saturated rings. The molecule has 104 valence electrons. The Bertz CT molecular complexity index is 470. The maximum Gasteiger partial charge on any atom is 0.161 e. The Balaban J connectivity index is 1.86. The first-order valence-corrected chi connectivity index (χ1v) is 7.18. The van der Waals surface area contributed by atoms with Crippen LogP contribution >= 0.6 is 0 Å². The van der Waals surface area contributed by atoms with E-state index in [-0.39, 0.29) is 0 Å². The van der Waals surface area contributed by atoms with Crippen LogP contribution in [0.15, 0.2) is 18.2 Å². The average molecular weight is 261 g/mol. The Morgan fingerprint density at radius 2 is 1.89 bits per heavy atom. The lowest BCUT2D eigenvalue weighted by Gasteiger charge is -2.20. The van der Waals surface area contributed by atoms with Gasteiger partial charge in [0.15, 0.2) is 11.5 Å². The topological polar surface area (TPSA) is 30.5 Å². The molecule has 1 saturated carbocycles. The van der Waals surface area contributed by atoms with Crippen LogP contribution in [0.4, 0.5) is 0 Å². The third-order valence-electron chi connectivity index (χ3n) is 4.43. The fraction of sp³-hybridized carbons (Fsp3) is 0.625. The fourth-order valence-electron chi connectivity index (χ4n) is 3.05. The number of benzene rings is 1. The molecular weight excluding hydrogens is 238 g/mol. The molecule has 19 heavy (non-hydrogen) atoms. The number of rotatable bonds is 3. The first-order chi connectivity index (χ1) is 9.12. The molecule has 1 aromatic rings. The number of ether oxygens (including phenoxy) is 2. The van der Waals surface area contributed by atoms with E-state index in [0.717, 1.165) is 31.1 Å². The molecule has 2 aliphatic rings. The molecule has 2 atom stereocenters. The summed E-state index contributed by atoms with van der Waals surface area (Å²) in [6.45, 7) is 6.17. The highest BCUT2D eigenvalue weighted by atomic mass is 16.5. The Hall–Kier alpha value is -1.22. The molecule has 3 nitrogen and oxygen atoms in total. The minimum absolute atomic E-state index is 0.409. The highest BCUT2D eigenvalue weighted by Crippen LogP contribution is 2.58. The molecule has 1 aromatic carbocycles. The summed E-state index contributed by atoms with van der Waals surface area (Å²) in [4.78, 5) is 0. The summed E-state index contributed by atoms with van der Waals surface area (Å²) in [5, 5.41) is 3.46. The van der Waals surface area contributed by atoms with Crippen LogP contribution in [0.5, 0.6) is 11.5 Å². The van der Waals surface area contributed by atoms with Gasteiger partial charge < -0.3 is 14.8 Å². The van der Waals surface area contributed by atoms with Gasteiger partial charge in [-0.15, -0.1) is 0 Å². The SMILES string of the molecule is CNC(c1ccc2c(c1)OCCCO2)C1CC1(C)C. The lowest BCUT2D eigenvalue weighted by atomic mass is 9.97. The highest BCUT2D eigenvalue weighted by Gasteiger charge is 2.50. The van der Waals surface area contributed by atoms with E-state index < -0.39 is 0 Å². The van der Waals surface area contributed by atoms with Gasteiger partial charge in [-0.2, -0.15) is 0 Å². The Kier molecular flexibility index (Phi) is 3.17. The summed E-state index contributed by atoms with van der Waals surface area (Å²) in [5.41, 5.74) is 1.76. The zero-order valence-corrected chi connectivity index (χ0v) is 12.0. The van der Waals surface area contributed by atoms with Crippen molar-refractivity contribution in [3.63, 3.8) is 0 Å². The smallest absolute Gasteiger partial charge is 0.161 e. The summed E-state index contributed by atoms with van der Waals surface area (Å²) < 4.78 is 11.5. The van der Waals surface area contributed by atoms with Gasteiger partial charge in [0.1, 0.15) is 0 Å². The van der Waals surface area contributed by atoms with Crippen LogP contribution in [-0.4, -0.2) is 20.3 Å². The van der Waals surface area contributed by atoms with E-state index in [2.05, 4.69) is 37.4 Å². The maximum atomic E-state index is 5.78. The Labute approximate surface area is 115 Å². The summed E-state index contributed by atoms with van der Waals surface area (Å²) in [5.74, 6) is 2.49. The molecule has 1 aliphatic carbocycles. The lowest BCUT2D eigenvalue weighted by molar-refractivity contribution is 0.297. The van der Waals surface area contributed by atoms with E-state index in [1.165, 1.54) is 12.0 Å². The fourth-order valence-corrected chi connectivity index (χ4v) is 3.05. The molecule has 0 amide bonds. The molecular formula is C16H23NO2. The molecule has 1 aliphatic heterocycles. The monoisotopic (exact) mass is 261 g/mol. The summed E-state index contributed by atoms with van der Waals surface area (Å²) in [6, 6.07) is 6.78. The normalized spacial score (nSPS) is 25.5. The predicted molar refractivity (Wildman–Crippen MR) is 75.7 cm³/mol. The van der Waals surface area contributed by atoms with Crippen molar-refractivity contribution in [2.75, 3.05) is 20.3 Å². The summed E-state index contributed by atoms with van der Waals surface area (Å²) >= 11 is 0. The largest absolute Gasteiger partial charge is 0.490 e. The molecule has 1 heterocycles. The number of fused-ring (bicyclic) bond motifs is 1. The lowest BCUT2D eigenvalue weighted by Crippen LogP contribution is -2.20. The second-order valence-electron chi connectivity index (χ2n) is 6.32. The number of hydrogen-bond donors (Lipinski definition) is 1. The van der Waals surface area contributed by atoms with Crippen LogP contribution in [0.1, 0.15) is 38.3 Å². The third kappa shape index (κ3) is 2.44. The van der Waals surface area contributed by atoms with Gasteiger partial charge in [-0.1, -0.05) is 19.9 Å². The standard InChI is InChI=1S/C16H23NO2/c1-16(2)10-12(16)15(17-3)11-5-6-13-14(9-11)19-8-4-7-18-13/h5-6,9,12,15,17H,4,7-8,10H2,1-3H3. The predicted octanol–water partition coefficient (Wildman–Crippen LogP) is 3.15. The van der Waals surface area contributed by atoms with Gasteiger partial charge in [0.25, 0.3) is 0 Å². The molecule has 0 radical (unpaired) electrons. The Morgan fingerprint density at radius 1 is 1.21 bits per heavy atom. The van der Waals surface area contributed by atoms with Crippen molar-refractivity contribution in [1.29, 1.82) is 0 Å². The zero-order chi connectivity index (χ0) is 13.5. The van der Waals surface area contributed by atoms with E-state index in [9.17, 15) is 0 Å². The number of hydrogen-bond acceptors (Lipinski definition) is 3. The second-order valence-corrected chi connectivity index (χ2v) is 6.32. The van der Waals surface area contributed by atoms with E-state index in [0.29, 0.717) is 17.4 Å². The van der Waals surface area contributed by atoms with Gasteiger partial charge in [0.2, 0.25) is 0 Å². The van der Waals surface area contributed by atoms with E-state index in [4.69, 9.17) is 9.47 Å². The van der Waals surface area contributed by atoms with Crippen molar-refractivity contribution in [2.45, 2.75) is 32.7 Å². The van der Waals surface area contributed by atoms with Gasteiger partial charge >= 0.3 is 0 Å². The van der Waals surface area contributed by atoms with Gasteiger partial charge in [0.05, 0.1) is 13.2 Å². The average Bonchev–Trinajstić information content (AvgIpc) is 3.07. The van der Waals surface area contributed by atoms with Crippen LogP contribution in [0.2, 0.25) is 0 Å². The van der Waals surface area contributed by atoms with Gasteiger partial charge in [0, 0.05) is 12.5 Å². The molecule has 1 N–H and O–H groups in total. The minimum Gasteiger partial charge on any atom is -0.490 e. The van der Waals surface area contributed by atoms with Crippen LogP contribution in [0.3, 0.4) is 0 Å². The highest BCUT2D eigenvalue weighted by molar-refractivity contribution is 5.44. The van der Waals surface area contributed by atoms with Gasteiger partial charge in [-0.3, -0.25) is 0 Å². The third-order valence-corrected chi connectivity index (χ3v) is 4.43. The molecule has 0 bridgehead atoms. The summed E-state index contributed by atoms with van der Waals surface area (Å²) in [7, 11) is 2.04. The van der Waals surface area contributed by atoms with Crippen LogP contribution < -0.4 is 14.8 Å². The maximum absolute atomic E-state index is 5.78. The first-order valence-electron chi connectivity index (χ1n) is 7.18. The van der Waals surface area contributed by atoms with E-state index in [1.54, 1.807) is 0 Å². The van der Waals surface area contributed by atoms with E-state index in [1.807, 2.05) is 7.05 Å². The van der Waals surface area contributed by atoms with E-state index >= 15 is 0 Å². The van der Waals surface area contributed by atoms with Crippen molar-refractivity contribution >= 4 is 0 Å². The van der Waals surface area contributed by atoms with Crippen LogP contribution in [-0.2, 0) is 0 Å². The molecule has 0 spiro atoms. The van der Waals surface area contributed by atoms with Crippen molar-refractivity contribution in [3.8, 4) is 11.5 Å². The molecule has 2 unspecified atom stereocenters. The van der Waals surface area contributed by atoms with Crippen molar-refractivity contribution in [2.24, 2.45) is 11.3 Å². The zero-order valence-electron chi connectivity index (χ0n) is 12.0. The molecule has 3 rings (SSSR count). The van der Waals surface area contributed by atoms with Crippen molar-refractivity contribution in [3.05, 3.63) is 23.8 Å². The van der Waals surface area contributed by atoms with Gasteiger partial charge in [-0.05, 0) is 42.5 Å². The molecule has 3 heteroatoms. The Morgan fingerprint density at radius 3 is 2.53 bits per heavy atom. The minimum atomic E-state index is 0.409. The first kappa shape index (κ1) is 12.8. The van der Waals surface area contributed by atoms with Crippen molar-refractivity contribution in [1.82, 2.24) is 5.32 Å². The van der Waals surface area contributed by atoms with Gasteiger partial charge in [-0.25, -0.2) is 0 Å². The van der Waals surface area contributed by atoms with Crippen molar-refractivity contribution < 1.29 is 9.47 Å².